The third-order valence-electron chi connectivity index (χ3n) is 5.12. The summed E-state index contributed by atoms with van der Waals surface area (Å²) in [6.45, 7) is 3.75. The number of thioether (sulfide) groups is 1. The molecule has 3 rings (SSSR count). The molecule has 2 aliphatic rings. The summed E-state index contributed by atoms with van der Waals surface area (Å²) in [4.78, 5) is 28.5. The third-order valence-corrected chi connectivity index (χ3v) is 6.09. The fourth-order valence-electron chi connectivity index (χ4n) is 3.61. The molecule has 0 unspecified atom stereocenters. The maximum atomic E-state index is 12.4. The number of piperazine rings is 1. The minimum atomic E-state index is 0.0907. The Labute approximate surface area is 148 Å². The van der Waals surface area contributed by atoms with Gasteiger partial charge in [-0.1, -0.05) is 37.1 Å². The van der Waals surface area contributed by atoms with Crippen LogP contribution < -0.4 is 0 Å². The van der Waals surface area contributed by atoms with Crippen LogP contribution in [-0.4, -0.2) is 53.0 Å². The number of rotatable bonds is 5. The van der Waals surface area contributed by atoms with Crippen molar-refractivity contribution in [1.82, 2.24) is 9.80 Å². The molecule has 4 nitrogen and oxygen atoms in total. The summed E-state index contributed by atoms with van der Waals surface area (Å²) in [5.74, 6) is 1.51. The average molecular weight is 346 g/mol. The number of aryl methyl sites for hydroxylation is 1. The van der Waals surface area contributed by atoms with Crippen molar-refractivity contribution in [3.63, 3.8) is 0 Å². The van der Waals surface area contributed by atoms with Crippen molar-refractivity contribution < 1.29 is 9.59 Å². The lowest BCUT2D eigenvalue weighted by molar-refractivity contribution is -0.145. The van der Waals surface area contributed by atoms with Crippen LogP contribution in [-0.2, 0) is 15.3 Å². The Balaban J connectivity index is 1.44. The van der Waals surface area contributed by atoms with E-state index in [1.807, 2.05) is 17.0 Å². The monoisotopic (exact) mass is 346 g/mol. The van der Waals surface area contributed by atoms with Gasteiger partial charge in [-0.15, -0.1) is 11.8 Å². The van der Waals surface area contributed by atoms with Gasteiger partial charge in [0.1, 0.15) is 0 Å². The zero-order valence-corrected chi connectivity index (χ0v) is 15.2. The molecule has 130 valence electrons. The Morgan fingerprint density at radius 2 is 1.96 bits per heavy atom. The van der Waals surface area contributed by atoms with Gasteiger partial charge >= 0.3 is 0 Å². The van der Waals surface area contributed by atoms with E-state index in [1.54, 1.807) is 16.7 Å². The number of hydrogen-bond acceptors (Lipinski definition) is 3. The molecule has 1 aliphatic heterocycles. The summed E-state index contributed by atoms with van der Waals surface area (Å²) >= 11 is 1.63. The highest BCUT2D eigenvalue weighted by atomic mass is 32.2. The summed E-state index contributed by atoms with van der Waals surface area (Å²) < 4.78 is 0. The van der Waals surface area contributed by atoms with Crippen molar-refractivity contribution in [3.8, 4) is 0 Å². The molecule has 1 heterocycles. The summed E-state index contributed by atoms with van der Waals surface area (Å²) in [5, 5.41) is 0. The number of carbonyl (C=O) groups is 2. The fourth-order valence-corrected chi connectivity index (χ4v) is 4.62. The van der Waals surface area contributed by atoms with E-state index in [9.17, 15) is 9.59 Å². The molecule has 0 radical (unpaired) electrons. The maximum Gasteiger partial charge on any atom is 0.242 e. The average Bonchev–Trinajstić information content (AvgIpc) is 3.10. The third kappa shape index (κ3) is 4.12. The van der Waals surface area contributed by atoms with Crippen molar-refractivity contribution in [3.05, 3.63) is 35.4 Å². The molecule has 0 bridgehead atoms. The number of benzene rings is 1. The SMILES string of the molecule is Cc1ccccc1CSCC(=O)N1CCN(C2CCCC2)C(=O)C1. The number of hydrogen-bond donors (Lipinski definition) is 0. The van der Waals surface area contributed by atoms with E-state index in [-0.39, 0.29) is 18.4 Å². The van der Waals surface area contributed by atoms with Crippen LogP contribution in [0.4, 0.5) is 0 Å². The zero-order valence-electron chi connectivity index (χ0n) is 14.4. The Hall–Kier alpha value is -1.49. The molecular weight excluding hydrogens is 320 g/mol. The second-order valence-corrected chi connectivity index (χ2v) is 7.75. The van der Waals surface area contributed by atoms with Gasteiger partial charge in [0.05, 0.1) is 12.3 Å². The molecule has 1 aromatic rings. The van der Waals surface area contributed by atoms with Gasteiger partial charge in [0.15, 0.2) is 0 Å². The summed E-state index contributed by atoms with van der Waals surface area (Å²) in [6, 6.07) is 8.69. The Kier molecular flexibility index (Phi) is 5.82. The molecule has 2 fully saturated rings. The number of carbonyl (C=O) groups excluding carboxylic acids is 2. The second kappa shape index (κ2) is 8.06. The maximum absolute atomic E-state index is 12.4. The standard InChI is InChI=1S/C19H26N2O2S/c1-15-6-2-3-7-16(15)13-24-14-19(23)20-10-11-21(18(22)12-20)17-8-4-5-9-17/h2-3,6-7,17H,4-5,8-14H2,1H3. The van der Waals surface area contributed by atoms with Gasteiger partial charge in [0.2, 0.25) is 11.8 Å². The predicted molar refractivity (Wildman–Crippen MR) is 97.9 cm³/mol. The van der Waals surface area contributed by atoms with Gasteiger partial charge < -0.3 is 9.80 Å². The molecule has 1 aromatic carbocycles. The van der Waals surface area contributed by atoms with Crippen molar-refractivity contribution in [1.29, 1.82) is 0 Å². The first kappa shape index (κ1) is 17.3. The van der Waals surface area contributed by atoms with E-state index in [1.165, 1.54) is 24.0 Å². The minimum absolute atomic E-state index is 0.0907. The van der Waals surface area contributed by atoms with Crippen molar-refractivity contribution in [2.24, 2.45) is 0 Å². The Morgan fingerprint density at radius 1 is 1.21 bits per heavy atom. The highest BCUT2D eigenvalue weighted by Gasteiger charge is 2.32. The van der Waals surface area contributed by atoms with Crippen LogP contribution in [0.5, 0.6) is 0 Å². The number of amides is 2. The molecule has 0 N–H and O–H groups in total. The molecule has 0 atom stereocenters. The Morgan fingerprint density at radius 3 is 2.67 bits per heavy atom. The molecule has 0 aromatic heterocycles. The minimum Gasteiger partial charge on any atom is -0.336 e. The van der Waals surface area contributed by atoms with Crippen molar-refractivity contribution in [2.75, 3.05) is 25.4 Å². The van der Waals surface area contributed by atoms with Crippen LogP contribution >= 0.6 is 11.8 Å². The quantitative estimate of drug-likeness (QED) is 0.823. The van der Waals surface area contributed by atoms with Gasteiger partial charge in [-0.2, -0.15) is 0 Å². The highest BCUT2D eigenvalue weighted by Crippen LogP contribution is 2.25. The summed E-state index contributed by atoms with van der Waals surface area (Å²) in [6.07, 6.45) is 4.72. The zero-order chi connectivity index (χ0) is 16.9. The second-order valence-electron chi connectivity index (χ2n) is 6.76. The van der Waals surface area contributed by atoms with Crippen molar-refractivity contribution >= 4 is 23.6 Å². The van der Waals surface area contributed by atoms with Crippen LogP contribution in [0.25, 0.3) is 0 Å². The van der Waals surface area contributed by atoms with Crippen LogP contribution in [0.15, 0.2) is 24.3 Å². The van der Waals surface area contributed by atoms with Crippen molar-refractivity contribution in [2.45, 2.75) is 44.4 Å². The number of nitrogens with zero attached hydrogens (tertiary/aromatic N) is 2. The van der Waals surface area contributed by atoms with E-state index in [2.05, 4.69) is 19.1 Å². The van der Waals surface area contributed by atoms with Gasteiger partial charge in [-0.05, 0) is 30.9 Å². The van der Waals surface area contributed by atoms with Gasteiger partial charge in [0.25, 0.3) is 0 Å². The first-order chi connectivity index (χ1) is 11.6. The van der Waals surface area contributed by atoms with Crippen LogP contribution in [0.1, 0.15) is 36.8 Å². The lowest BCUT2D eigenvalue weighted by atomic mass is 10.1. The fraction of sp³-hybridized carbons (Fsp3) is 0.579. The smallest absolute Gasteiger partial charge is 0.242 e. The topological polar surface area (TPSA) is 40.6 Å². The largest absolute Gasteiger partial charge is 0.336 e. The molecule has 1 saturated heterocycles. The van der Waals surface area contributed by atoms with Crippen LogP contribution in [0, 0.1) is 6.92 Å². The highest BCUT2D eigenvalue weighted by molar-refractivity contribution is 7.99. The van der Waals surface area contributed by atoms with Gasteiger partial charge in [-0.3, -0.25) is 9.59 Å². The first-order valence-electron chi connectivity index (χ1n) is 8.84. The molecular formula is C19H26N2O2S. The predicted octanol–water partition coefficient (Wildman–Crippen LogP) is 2.84. The molecule has 24 heavy (non-hydrogen) atoms. The van der Waals surface area contributed by atoms with E-state index < -0.39 is 0 Å². The Bertz CT molecular complexity index is 599. The van der Waals surface area contributed by atoms with E-state index >= 15 is 0 Å². The first-order valence-corrected chi connectivity index (χ1v) is 10.00. The van der Waals surface area contributed by atoms with E-state index in [0.29, 0.717) is 24.9 Å². The molecule has 1 saturated carbocycles. The van der Waals surface area contributed by atoms with Crippen LogP contribution in [0.3, 0.4) is 0 Å². The van der Waals surface area contributed by atoms with E-state index in [0.717, 1.165) is 18.6 Å². The molecule has 0 spiro atoms. The molecule has 2 amide bonds. The summed E-state index contributed by atoms with van der Waals surface area (Å²) in [5.41, 5.74) is 2.54. The normalized spacial score (nSPS) is 19.1. The van der Waals surface area contributed by atoms with E-state index in [4.69, 9.17) is 0 Å². The molecule has 1 aliphatic carbocycles. The summed E-state index contributed by atoms with van der Waals surface area (Å²) in [7, 11) is 0. The molecule has 5 heteroatoms. The van der Waals surface area contributed by atoms with Gasteiger partial charge in [-0.25, -0.2) is 0 Å². The lowest BCUT2D eigenvalue weighted by Gasteiger charge is -2.37. The van der Waals surface area contributed by atoms with Gasteiger partial charge in [0, 0.05) is 24.9 Å². The lowest BCUT2D eigenvalue weighted by Crippen LogP contribution is -2.55. The van der Waals surface area contributed by atoms with Crippen LogP contribution in [0.2, 0.25) is 0 Å².